The van der Waals surface area contributed by atoms with Crippen molar-refractivity contribution in [1.82, 2.24) is 4.31 Å². The Bertz CT molecular complexity index is 601. The summed E-state index contributed by atoms with van der Waals surface area (Å²) in [5, 5.41) is 0. The fourth-order valence-electron chi connectivity index (χ4n) is 2.45. The predicted octanol–water partition coefficient (Wildman–Crippen LogP) is 2.50. The third kappa shape index (κ3) is 3.38. The average molecular weight is 323 g/mol. The maximum atomic E-state index is 12.7. The molecule has 2 rings (SSSR count). The van der Waals surface area contributed by atoms with Crippen molar-refractivity contribution in [1.29, 1.82) is 0 Å². The number of halogens is 3. The van der Waals surface area contributed by atoms with Gasteiger partial charge < -0.3 is 4.74 Å². The van der Waals surface area contributed by atoms with Gasteiger partial charge in [0.05, 0.1) is 17.1 Å². The minimum absolute atomic E-state index is 0.234. The molecule has 118 valence electrons. The van der Waals surface area contributed by atoms with Gasteiger partial charge in [0.15, 0.2) is 0 Å². The molecule has 0 saturated carbocycles. The number of hydrogen-bond donors (Lipinski definition) is 0. The lowest BCUT2D eigenvalue weighted by Gasteiger charge is -2.23. The van der Waals surface area contributed by atoms with E-state index in [-0.39, 0.29) is 17.5 Å². The van der Waals surface area contributed by atoms with Gasteiger partial charge in [-0.05, 0) is 31.0 Å². The molecule has 0 amide bonds. The fraction of sp³-hybridized carbons (Fsp3) is 0.538. The van der Waals surface area contributed by atoms with Crippen LogP contribution in [-0.4, -0.2) is 39.0 Å². The van der Waals surface area contributed by atoms with Crippen LogP contribution in [0.1, 0.15) is 18.4 Å². The molecule has 1 aliphatic rings. The van der Waals surface area contributed by atoms with Crippen LogP contribution in [0.5, 0.6) is 0 Å². The summed E-state index contributed by atoms with van der Waals surface area (Å²) in [6.07, 6.45) is -3.25. The lowest BCUT2D eigenvalue weighted by Crippen LogP contribution is -2.38. The molecule has 0 bridgehead atoms. The molecular weight excluding hydrogens is 307 g/mol. The average Bonchev–Trinajstić information content (AvgIpc) is 2.87. The Morgan fingerprint density at radius 3 is 2.71 bits per heavy atom. The van der Waals surface area contributed by atoms with Crippen LogP contribution in [-0.2, 0) is 20.9 Å². The highest BCUT2D eigenvalue weighted by atomic mass is 32.2. The molecule has 1 aromatic carbocycles. The monoisotopic (exact) mass is 323 g/mol. The molecule has 1 unspecified atom stereocenters. The molecule has 0 aromatic heterocycles. The first-order valence-corrected chi connectivity index (χ1v) is 7.89. The van der Waals surface area contributed by atoms with Crippen molar-refractivity contribution in [2.75, 3.05) is 20.3 Å². The Hall–Kier alpha value is -1.12. The normalized spacial score (nSPS) is 20.9. The van der Waals surface area contributed by atoms with Crippen molar-refractivity contribution >= 4 is 10.0 Å². The van der Waals surface area contributed by atoms with E-state index in [1.807, 2.05) is 0 Å². The van der Waals surface area contributed by atoms with Gasteiger partial charge in [-0.2, -0.15) is 17.5 Å². The number of nitrogens with zero attached hydrogens (tertiary/aromatic N) is 1. The van der Waals surface area contributed by atoms with Gasteiger partial charge in [-0.1, -0.05) is 6.07 Å². The standard InChI is InChI=1S/C13H16F3NO3S/c1-20-9-11-5-3-7-17(11)21(18,19)12-6-2-4-10(8-12)13(14,15)16/h2,4,6,8,11H,3,5,7,9H2,1H3. The summed E-state index contributed by atoms with van der Waals surface area (Å²) >= 11 is 0. The summed E-state index contributed by atoms with van der Waals surface area (Å²) in [4.78, 5) is -0.333. The Morgan fingerprint density at radius 1 is 1.38 bits per heavy atom. The van der Waals surface area contributed by atoms with Crippen LogP contribution in [0.2, 0.25) is 0 Å². The lowest BCUT2D eigenvalue weighted by atomic mass is 10.2. The van der Waals surface area contributed by atoms with E-state index in [0.29, 0.717) is 25.5 Å². The summed E-state index contributed by atoms with van der Waals surface area (Å²) in [7, 11) is -2.47. The Labute approximate surface area is 121 Å². The molecule has 1 heterocycles. The van der Waals surface area contributed by atoms with Crippen molar-refractivity contribution in [3.05, 3.63) is 29.8 Å². The summed E-state index contributed by atoms with van der Waals surface area (Å²) in [6.45, 7) is 0.533. The maximum absolute atomic E-state index is 12.7. The van der Waals surface area contributed by atoms with Crippen LogP contribution in [0.25, 0.3) is 0 Å². The third-order valence-corrected chi connectivity index (χ3v) is 5.40. The molecule has 0 N–H and O–H groups in total. The minimum atomic E-state index is -4.57. The van der Waals surface area contributed by atoms with Gasteiger partial charge in [0.25, 0.3) is 0 Å². The van der Waals surface area contributed by atoms with Gasteiger partial charge in [-0.15, -0.1) is 0 Å². The highest BCUT2D eigenvalue weighted by Crippen LogP contribution is 2.32. The predicted molar refractivity (Wildman–Crippen MR) is 70.2 cm³/mol. The Kier molecular flexibility index (Phi) is 4.60. The molecule has 0 spiro atoms. The van der Waals surface area contributed by atoms with Crippen molar-refractivity contribution in [3.8, 4) is 0 Å². The maximum Gasteiger partial charge on any atom is 0.416 e. The molecule has 0 aliphatic carbocycles. The van der Waals surface area contributed by atoms with Crippen LogP contribution < -0.4 is 0 Å². The first-order chi connectivity index (χ1) is 9.76. The Morgan fingerprint density at radius 2 is 2.10 bits per heavy atom. The summed E-state index contributed by atoms with van der Waals surface area (Å²) in [6, 6.07) is 3.51. The molecule has 1 atom stereocenters. The molecule has 4 nitrogen and oxygen atoms in total. The summed E-state index contributed by atoms with van der Waals surface area (Å²) < 4.78 is 69.3. The van der Waals surface area contributed by atoms with Crippen LogP contribution in [0.15, 0.2) is 29.2 Å². The van der Waals surface area contributed by atoms with Gasteiger partial charge in [-0.3, -0.25) is 0 Å². The van der Waals surface area contributed by atoms with Crippen LogP contribution >= 0.6 is 0 Å². The number of methoxy groups -OCH3 is 1. The second-order valence-corrected chi connectivity index (χ2v) is 6.78. The lowest BCUT2D eigenvalue weighted by molar-refractivity contribution is -0.137. The number of alkyl halides is 3. The van der Waals surface area contributed by atoms with Crippen molar-refractivity contribution in [2.24, 2.45) is 0 Å². The SMILES string of the molecule is COCC1CCCN1S(=O)(=O)c1cccc(C(F)(F)F)c1. The number of benzene rings is 1. The summed E-state index contributed by atoms with van der Waals surface area (Å²) in [5.74, 6) is 0. The zero-order valence-electron chi connectivity index (χ0n) is 11.4. The van der Waals surface area contributed by atoms with Crippen LogP contribution in [0.4, 0.5) is 13.2 Å². The second kappa shape index (κ2) is 5.94. The Balaban J connectivity index is 2.36. The van der Waals surface area contributed by atoms with Crippen LogP contribution in [0.3, 0.4) is 0 Å². The molecular formula is C13H16F3NO3S. The van der Waals surface area contributed by atoms with E-state index in [9.17, 15) is 21.6 Å². The van der Waals surface area contributed by atoms with Crippen molar-refractivity contribution in [3.63, 3.8) is 0 Å². The zero-order chi connectivity index (χ0) is 15.7. The first-order valence-electron chi connectivity index (χ1n) is 6.45. The number of ether oxygens (including phenoxy) is 1. The quantitative estimate of drug-likeness (QED) is 0.855. The highest BCUT2D eigenvalue weighted by Gasteiger charge is 2.37. The van der Waals surface area contributed by atoms with E-state index in [0.717, 1.165) is 12.1 Å². The number of rotatable bonds is 4. The fourth-order valence-corrected chi connectivity index (χ4v) is 4.18. The van der Waals surface area contributed by atoms with Gasteiger partial charge in [0, 0.05) is 19.7 Å². The van der Waals surface area contributed by atoms with E-state index < -0.39 is 21.8 Å². The van der Waals surface area contributed by atoms with Gasteiger partial charge in [-0.25, -0.2) is 8.42 Å². The summed E-state index contributed by atoms with van der Waals surface area (Å²) in [5.41, 5.74) is -0.967. The third-order valence-electron chi connectivity index (χ3n) is 3.45. The highest BCUT2D eigenvalue weighted by molar-refractivity contribution is 7.89. The van der Waals surface area contributed by atoms with E-state index >= 15 is 0 Å². The van der Waals surface area contributed by atoms with Gasteiger partial charge in [0.2, 0.25) is 10.0 Å². The molecule has 1 aliphatic heterocycles. The molecule has 1 fully saturated rings. The molecule has 0 radical (unpaired) electrons. The van der Waals surface area contributed by atoms with Gasteiger partial charge >= 0.3 is 6.18 Å². The van der Waals surface area contributed by atoms with E-state index in [4.69, 9.17) is 4.74 Å². The molecule has 21 heavy (non-hydrogen) atoms. The largest absolute Gasteiger partial charge is 0.416 e. The van der Waals surface area contributed by atoms with E-state index in [1.165, 1.54) is 17.5 Å². The smallest absolute Gasteiger partial charge is 0.383 e. The first kappa shape index (κ1) is 16.3. The van der Waals surface area contributed by atoms with Crippen LogP contribution in [0, 0.1) is 0 Å². The topological polar surface area (TPSA) is 46.6 Å². The van der Waals surface area contributed by atoms with Crippen molar-refractivity contribution < 1.29 is 26.3 Å². The van der Waals surface area contributed by atoms with E-state index in [1.54, 1.807) is 0 Å². The van der Waals surface area contributed by atoms with Gasteiger partial charge in [0.1, 0.15) is 0 Å². The van der Waals surface area contributed by atoms with Crippen molar-refractivity contribution in [2.45, 2.75) is 30.0 Å². The number of hydrogen-bond acceptors (Lipinski definition) is 3. The second-order valence-electron chi connectivity index (χ2n) is 4.89. The molecule has 1 saturated heterocycles. The minimum Gasteiger partial charge on any atom is -0.383 e. The number of sulfonamides is 1. The molecule has 1 aromatic rings. The van der Waals surface area contributed by atoms with E-state index in [2.05, 4.69) is 0 Å². The zero-order valence-corrected chi connectivity index (χ0v) is 12.2. The molecule has 8 heteroatoms.